The van der Waals surface area contributed by atoms with E-state index in [1.807, 2.05) is 0 Å². The highest BCUT2D eigenvalue weighted by molar-refractivity contribution is 5.98. The number of hydrogen-bond acceptors (Lipinski definition) is 5. The molecule has 0 aliphatic carbocycles. The van der Waals surface area contributed by atoms with Crippen LogP contribution in [0.1, 0.15) is 19.8 Å². The van der Waals surface area contributed by atoms with E-state index >= 15 is 0 Å². The molecular weight excluding hydrogens is 176 g/mol. The third kappa shape index (κ3) is 5.46. The summed E-state index contributed by atoms with van der Waals surface area (Å²) in [6, 6.07) is 0. The van der Waals surface area contributed by atoms with Crippen molar-refractivity contribution in [1.82, 2.24) is 0 Å². The second-order valence-corrected chi connectivity index (χ2v) is 2.94. The van der Waals surface area contributed by atoms with Crippen molar-refractivity contribution >= 4 is 11.6 Å². The summed E-state index contributed by atoms with van der Waals surface area (Å²) in [5.74, 6) is -0.719. The van der Waals surface area contributed by atoms with E-state index in [4.69, 9.17) is 15.3 Å². The Bertz CT molecular complexity index is 189. The molecule has 0 heterocycles. The van der Waals surface area contributed by atoms with Gasteiger partial charge in [0.1, 0.15) is 17.7 Å². The normalized spacial score (nSPS) is 15.1. The molecule has 0 fully saturated rings. The monoisotopic (exact) mass is 190 g/mol. The Morgan fingerprint density at radius 3 is 2.15 bits per heavy atom. The van der Waals surface area contributed by atoms with Crippen LogP contribution in [-0.2, 0) is 9.59 Å². The summed E-state index contributed by atoms with van der Waals surface area (Å²) in [6.07, 6.45) is -3.16. The molecule has 0 aromatic rings. The lowest BCUT2D eigenvalue weighted by Crippen LogP contribution is -2.31. The molecule has 0 saturated carbocycles. The van der Waals surface area contributed by atoms with Gasteiger partial charge >= 0.3 is 0 Å². The van der Waals surface area contributed by atoms with Gasteiger partial charge in [-0.1, -0.05) is 0 Å². The summed E-state index contributed by atoms with van der Waals surface area (Å²) in [5, 5.41) is 26.3. The number of aliphatic hydroxyl groups is 3. The van der Waals surface area contributed by atoms with Gasteiger partial charge < -0.3 is 15.3 Å². The van der Waals surface area contributed by atoms with E-state index in [1.165, 1.54) is 6.92 Å². The van der Waals surface area contributed by atoms with Gasteiger partial charge in [-0.2, -0.15) is 0 Å². The predicted octanol–water partition coefficient (Wildman–Crippen LogP) is -1.36. The van der Waals surface area contributed by atoms with Crippen molar-refractivity contribution in [3.63, 3.8) is 0 Å². The standard InChI is InChI=1S/C8H14O5/c1-5(10)2-6(11)3-7(12)8(13)4-9/h7-9,12-13H,2-4H2,1H3. The smallest absolute Gasteiger partial charge is 0.142 e. The highest BCUT2D eigenvalue weighted by atomic mass is 16.4. The first-order valence-electron chi connectivity index (χ1n) is 3.95. The first-order chi connectivity index (χ1) is 5.97. The minimum Gasteiger partial charge on any atom is -0.394 e. The van der Waals surface area contributed by atoms with Gasteiger partial charge in [0.15, 0.2) is 0 Å². The molecule has 5 heteroatoms. The van der Waals surface area contributed by atoms with E-state index in [-0.39, 0.29) is 18.6 Å². The van der Waals surface area contributed by atoms with Crippen LogP contribution in [0.25, 0.3) is 0 Å². The molecule has 0 bridgehead atoms. The second kappa shape index (κ2) is 5.80. The van der Waals surface area contributed by atoms with E-state index in [0.29, 0.717) is 0 Å². The first kappa shape index (κ1) is 12.2. The lowest BCUT2D eigenvalue weighted by molar-refractivity contribution is -0.128. The zero-order valence-electron chi connectivity index (χ0n) is 7.43. The van der Waals surface area contributed by atoms with Crippen LogP contribution in [0.2, 0.25) is 0 Å². The van der Waals surface area contributed by atoms with Crippen molar-refractivity contribution in [3.8, 4) is 0 Å². The average Bonchev–Trinajstić information content (AvgIpc) is 2.01. The molecule has 3 N–H and O–H groups in total. The maximum absolute atomic E-state index is 10.9. The third-order valence-corrected chi connectivity index (χ3v) is 1.51. The summed E-state index contributed by atoms with van der Waals surface area (Å²) in [4.78, 5) is 21.4. The van der Waals surface area contributed by atoms with Crippen molar-refractivity contribution in [3.05, 3.63) is 0 Å². The molecule has 76 valence electrons. The van der Waals surface area contributed by atoms with Gasteiger partial charge in [-0.15, -0.1) is 0 Å². The number of carbonyl (C=O) groups excluding carboxylic acids is 2. The number of aliphatic hydroxyl groups excluding tert-OH is 3. The zero-order chi connectivity index (χ0) is 10.4. The Labute approximate surface area is 76.0 Å². The van der Waals surface area contributed by atoms with E-state index < -0.39 is 24.6 Å². The van der Waals surface area contributed by atoms with E-state index in [2.05, 4.69) is 0 Å². The molecule has 2 atom stereocenters. The van der Waals surface area contributed by atoms with E-state index in [9.17, 15) is 9.59 Å². The minimum atomic E-state index is -1.32. The van der Waals surface area contributed by atoms with Crippen LogP contribution >= 0.6 is 0 Å². The topological polar surface area (TPSA) is 94.8 Å². The summed E-state index contributed by atoms with van der Waals surface area (Å²) in [7, 11) is 0. The Balaban J connectivity index is 3.84. The largest absolute Gasteiger partial charge is 0.394 e. The molecular formula is C8H14O5. The van der Waals surface area contributed by atoms with Crippen LogP contribution in [0.3, 0.4) is 0 Å². The van der Waals surface area contributed by atoms with Gasteiger partial charge in [0.25, 0.3) is 0 Å². The molecule has 2 unspecified atom stereocenters. The van der Waals surface area contributed by atoms with Crippen molar-refractivity contribution < 1.29 is 24.9 Å². The fraction of sp³-hybridized carbons (Fsp3) is 0.750. The molecule has 13 heavy (non-hydrogen) atoms. The maximum Gasteiger partial charge on any atom is 0.142 e. The van der Waals surface area contributed by atoms with Gasteiger partial charge in [0, 0.05) is 6.42 Å². The van der Waals surface area contributed by atoms with Crippen LogP contribution in [0.5, 0.6) is 0 Å². The van der Waals surface area contributed by atoms with E-state index in [1.54, 1.807) is 0 Å². The number of hydrogen-bond donors (Lipinski definition) is 3. The Morgan fingerprint density at radius 1 is 1.23 bits per heavy atom. The predicted molar refractivity (Wildman–Crippen MR) is 44.0 cm³/mol. The van der Waals surface area contributed by atoms with Crippen LogP contribution in [0.15, 0.2) is 0 Å². The summed E-state index contributed by atoms with van der Waals surface area (Å²) >= 11 is 0. The Morgan fingerprint density at radius 2 is 1.77 bits per heavy atom. The molecule has 0 radical (unpaired) electrons. The van der Waals surface area contributed by atoms with Gasteiger partial charge in [0.2, 0.25) is 0 Å². The summed E-state index contributed by atoms with van der Waals surface area (Å²) < 4.78 is 0. The van der Waals surface area contributed by atoms with Gasteiger partial charge in [-0.25, -0.2) is 0 Å². The number of rotatable bonds is 6. The van der Waals surface area contributed by atoms with Crippen LogP contribution in [-0.4, -0.2) is 45.7 Å². The second-order valence-electron chi connectivity index (χ2n) is 2.94. The molecule has 0 saturated heterocycles. The quantitative estimate of drug-likeness (QED) is 0.449. The molecule has 0 aliphatic rings. The molecule has 0 rings (SSSR count). The molecule has 0 aromatic carbocycles. The third-order valence-electron chi connectivity index (χ3n) is 1.51. The average molecular weight is 190 g/mol. The highest BCUT2D eigenvalue weighted by Crippen LogP contribution is 2.01. The SMILES string of the molecule is CC(=O)CC(=O)CC(O)C(O)CO. The maximum atomic E-state index is 10.9. The lowest BCUT2D eigenvalue weighted by Gasteiger charge is -2.13. The van der Waals surface area contributed by atoms with Crippen molar-refractivity contribution in [2.24, 2.45) is 0 Å². The Hall–Kier alpha value is -0.780. The van der Waals surface area contributed by atoms with Crippen molar-refractivity contribution in [2.75, 3.05) is 6.61 Å². The fourth-order valence-corrected chi connectivity index (χ4v) is 0.841. The molecule has 0 aliphatic heterocycles. The number of Topliss-reactive ketones (excluding diaryl/α,β-unsaturated/α-hetero) is 2. The van der Waals surface area contributed by atoms with Crippen LogP contribution in [0.4, 0.5) is 0 Å². The molecule has 0 spiro atoms. The van der Waals surface area contributed by atoms with Crippen molar-refractivity contribution in [1.29, 1.82) is 0 Å². The van der Waals surface area contributed by atoms with Crippen molar-refractivity contribution in [2.45, 2.75) is 32.0 Å². The minimum absolute atomic E-state index is 0.241. The number of ketones is 2. The van der Waals surface area contributed by atoms with Gasteiger partial charge in [0.05, 0.1) is 19.1 Å². The van der Waals surface area contributed by atoms with Gasteiger partial charge in [-0.05, 0) is 6.92 Å². The number of carbonyl (C=O) groups is 2. The van der Waals surface area contributed by atoms with Gasteiger partial charge in [-0.3, -0.25) is 9.59 Å². The van der Waals surface area contributed by atoms with Crippen LogP contribution in [0, 0.1) is 0 Å². The zero-order valence-corrected chi connectivity index (χ0v) is 7.43. The summed E-state index contributed by atoms with van der Waals surface area (Å²) in [6.45, 7) is 0.668. The molecule has 0 amide bonds. The molecule has 5 nitrogen and oxygen atoms in total. The van der Waals surface area contributed by atoms with Crippen LogP contribution < -0.4 is 0 Å². The highest BCUT2D eigenvalue weighted by Gasteiger charge is 2.19. The van der Waals surface area contributed by atoms with E-state index in [0.717, 1.165) is 0 Å². The Kier molecular flexibility index (Phi) is 5.45. The fourth-order valence-electron chi connectivity index (χ4n) is 0.841. The lowest BCUT2D eigenvalue weighted by atomic mass is 10.1. The molecule has 0 aromatic heterocycles. The first-order valence-corrected chi connectivity index (χ1v) is 3.95. The summed E-state index contributed by atoms with van der Waals surface area (Å²) in [5.41, 5.74) is 0.